The maximum Gasteiger partial charge on any atom is 0.256 e. The Morgan fingerprint density at radius 2 is 1.83 bits per heavy atom. The normalized spacial score (nSPS) is 10.6. The van der Waals surface area contributed by atoms with Crippen molar-refractivity contribution in [2.75, 3.05) is 5.32 Å². The van der Waals surface area contributed by atoms with Gasteiger partial charge in [0.05, 0.1) is 0 Å². The van der Waals surface area contributed by atoms with Crippen LogP contribution in [0.15, 0.2) is 47.1 Å². The highest BCUT2D eigenvalue weighted by Gasteiger charge is 2.17. The Hall–Kier alpha value is -2.66. The van der Waals surface area contributed by atoms with Crippen molar-refractivity contribution in [3.05, 3.63) is 64.2 Å². The van der Waals surface area contributed by atoms with Crippen molar-refractivity contribution in [1.29, 1.82) is 0 Å². The molecule has 3 rings (SSSR count). The molecule has 3 aromatic rings. The molecular weight excluding hydrogens is 314 g/mol. The van der Waals surface area contributed by atoms with E-state index in [0.29, 0.717) is 22.1 Å². The number of carbonyl (C=O) groups excluding carboxylic acids is 1. The van der Waals surface area contributed by atoms with Crippen LogP contribution in [0.4, 0.5) is 5.82 Å². The molecule has 0 spiro atoms. The molecule has 0 atom stereocenters. The fourth-order valence-corrected chi connectivity index (χ4v) is 2.35. The highest BCUT2D eigenvalue weighted by molar-refractivity contribution is 6.30. The molecule has 0 aliphatic heterocycles. The van der Waals surface area contributed by atoms with E-state index >= 15 is 0 Å². The molecule has 1 N–H and O–H groups in total. The third-order valence-corrected chi connectivity index (χ3v) is 3.73. The van der Waals surface area contributed by atoms with Gasteiger partial charge in [0.2, 0.25) is 5.82 Å². The Labute approximate surface area is 138 Å². The first-order valence-corrected chi connectivity index (χ1v) is 7.39. The number of carbonyl (C=O) groups is 1. The number of amides is 1. The number of benzene rings is 2. The third kappa shape index (κ3) is 3.24. The number of hydrogen-bond donors (Lipinski definition) is 1. The standard InChI is InChI=1S/C17H14ClN3O2/c1-10-3-4-11(2)14(9-10)15-16(21-23-20-15)19-17(22)12-5-7-13(18)8-6-12/h3-9H,1-2H3,(H,19,21,22). The van der Waals surface area contributed by atoms with Crippen molar-refractivity contribution in [3.8, 4) is 11.3 Å². The van der Waals surface area contributed by atoms with Gasteiger partial charge in [-0.15, -0.1) is 0 Å². The van der Waals surface area contributed by atoms with Crippen LogP contribution < -0.4 is 5.32 Å². The lowest BCUT2D eigenvalue weighted by molar-refractivity contribution is 0.102. The van der Waals surface area contributed by atoms with Crippen molar-refractivity contribution >= 4 is 23.3 Å². The molecule has 1 amide bonds. The van der Waals surface area contributed by atoms with Crippen LogP contribution in [0.25, 0.3) is 11.3 Å². The van der Waals surface area contributed by atoms with Crippen LogP contribution in [0, 0.1) is 13.8 Å². The average molecular weight is 328 g/mol. The predicted molar refractivity (Wildman–Crippen MR) is 88.6 cm³/mol. The van der Waals surface area contributed by atoms with Crippen LogP contribution in [-0.2, 0) is 0 Å². The van der Waals surface area contributed by atoms with Gasteiger partial charge < -0.3 is 5.32 Å². The average Bonchev–Trinajstić information content (AvgIpc) is 2.98. The van der Waals surface area contributed by atoms with E-state index in [4.69, 9.17) is 16.2 Å². The van der Waals surface area contributed by atoms with Crippen molar-refractivity contribution < 1.29 is 9.42 Å². The minimum Gasteiger partial charge on any atom is -0.302 e. The summed E-state index contributed by atoms with van der Waals surface area (Å²) in [4.78, 5) is 12.3. The Morgan fingerprint density at radius 3 is 2.57 bits per heavy atom. The molecule has 0 fully saturated rings. The van der Waals surface area contributed by atoms with Gasteiger partial charge in [-0.1, -0.05) is 29.3 Å². The molecule has 0 aliphatic carbocycles. The molecule has 1 heterocycles. The van der Waals surface area contributed by atoms with E-state index in [0.717, 1.165) is 16.7 Å². The fraction of sp³-hybridized carbons (Fsp3) is 0.118. The van der Waals surface area contributed by atoms with Crippen molar-refractivity contribution in [2.45, 2.75) is 13.8 Å². The first-order valence-electron chi connectivity index (χ1n) is 7.01. The van der Waals surface area contributed by atoms with Crippen LogP contribution in [0.3, 0.4) is 0 Å². The summed E-state index contributed by atoms with van der Waals surface area (Å²) in [6.07, 6.45) is 0. The SMILES string of the molecule is Cc1ccc(C)c(-c2nonc2NC(=O)c2ccc(Cl)cc2)c1. The number of halogens is 1. The van der Waals surface area contributed by atoms with E-state index in [1.165, 1.54) is 0 Å². The maximum atomic E-state index is 12.3. The number of rotatable bonds is 3. The summed E-state index contributed by atoms with van der Waals surface area (Å²) in [7, 11) is 0. The molecule has 116 valence electrons. The highest BCUT2D eigenvalue weighted by atomic mass is 35.5. The fourth-order valence-electron chi connectivity index (χ4n) is 2.22. The molecule has 0 radical (unpaired) electrons. The molecule has 1 aromatic heterocycles. The van der Waals surface area contributed by atoms with Gasteiger partial charge in [-0.05, 0) is 60.1 Å². The highest BCUT2D eigenvalue weighted by Crippen LogP contribution is 2.28. The maximum absolute atomic E-state index is 12.3. The van der Waals surface area contributed by atoms with Gasteiger partial charge >= 0.3 is 0 Å². The van der Waals surface area contributed by atoms with Crippen LogP contribution >= 0.6 is 11.6 Å². The third-order valence-electron chi connectivity index (χ3n) is 3.48. The van der Waals surface area contributed by atoms with Crippen molar-refractivity contribution in [2.24, 2.45) is 0 Å². The molecular formula is C17H14ClN3O2. The molecule has 5 nitrogen and oxygen atoms in total. The van der Waals surface area contributed by atoms with Crippen LogP contribution in [0.1, 0.15) is 21.5 Å². The first kappa shape index (κ1) is 15.2. The quantitative estimate of drug-likeness (QED) is 0.780. The number of nitrogens with zero attached hydrogens (tertiary/aromatic N) is 2. The Kier molecular flexibility index (Phi) is 4.12. The largest absolute Gasteiger partial charge is 0.302 e. The summed E-state index contributed by atoms with van der Waals surface area (Å²) in [5.74, 6) is -0.0115. The topological polar surface area (TPSA) is 68.0 Å². The van der Waals surface area contributed by atoms with Gasteiger partial charge in [0.1, 0.15) is 0 Å². The Morgan fingerprint density at radius 1 is 1.09 bits per heavy atom. The van der Waals surface area contributed by atoms with E-state index in [1.807, 2.05) is 32.0 Å². The zero-order chi connectivity index (χ0) is 16.4. The zero-order valence-electron chi connectivity index (χ0n) is 12.6. The summed E-state index contributed by atoms with van der Waals surface area (Å²) in [6.45, 7) is 3.96. The van der Waals surface area contributed by atoms with Gasteiger partial charge in [-0.3, -0.25) is 4.79 Å². The van der Waals surface area contributed by atoms with E-state index in [2.05, 4.69) is 15.6 Å². The lowest BCUT2D eigenvalue weighted by Crippen LogP contribution is -2.12. The van der Waals surface area contributed by atoms with Gasteiger partial charge in [0.25, 0.3) is 5.91 Å². The minimum absolute atomic E-state index is 0.290. The lowest BCUT2D eigenvalue weighted by atomic mass is 10.0. The predicted octanol–water partition coefficient (Wildman–Crippen LogP) is 4.26. The van der Waals surface area contributed by atoms with Crippen LogP contribution in [0.5, 0.6) is 0 Å². The summed E-state index contributed by atoms with van der Waals surface area (Å²) in [5, 5.41) is 11.0. The molecule has 23 heavy (non-hydrogen) atoms. The Bertz CT molecular complexity index is 857. The van der Waals surface area contributed by atoms with E-state index < -0.39 is 0 Å². The monoisotopic (exact) mass is 327 g/mol. The van der Waals surface area contributed by atoms with Gasteiger partial charge in [-0.25, -0.2) is 4.63 Å². The van der Waals surface area contributed by atoms with E-state index in [-0.39, 0.29) is 5.91 Å². The second-order valence-electron chi connectivity index (χ2n) is 5.24. The first-order chi connectivity index (χ1) is 11.0. The minimum atomic E-state index is -0.302. The van der Waals surface area contributed by atoms with Gasteiger partial charge in [0.15, 0.2) is 5.69 Å². The van der Waals surface area contributed by atoms with Crippen LogP contribution in [-0.4, -0.2) is 16.2 Å². The van der Waals surface area contributed by atoms with E-state index in [9.17, 15) is 4.79 Å². The number of aromatic nitrogens is 2. The summed E-state index contributed by atoms with van der Waals surface area (Å²) in [5.41, 5.74) is 3.97. The molecule has 0 saturated carbocycles. The number of aryl methyl sites for hydroxylation is 2. The smallest absolute Gasteiger partial charge is 0.256 e. The van der Waals surface area contributed by atoms with E-state index in [1.54, 1.807) is 24.3 Å². The van der Waals surface area contributed by atoms with Gasteiger partial charge in [0, 0.05) is 16.1 Å². The van der Waals surface area contributed by atoms with Crippen molar-refractivity contribution in [3.63, 3.8) is 0 Å². The summed E-state index contributed by atoms with van der Waals surface area (Å²) >= 11 is 5.83. The van der Waals surface area contributed by atoms with Gasteiger partial charge in [-0.2, -0.15) is 0 Å². The summed E-state index contributed by atoms with van der Waals surface area (Å²) < 4.78 is 4.81. The molecule has 0 bridgehead atoms. The number of hydrogen-bond acceptors (Lipinski definition) is 4. The van der Waals surface area contributed by atoms with Crippen LogP contribution in [0.2, 0.25) is 5.02 Å². The lowest BCUT2D eigenvalue weighted by Gasteiger charge is -2.06. The summed E-state index contributed by atoms with van der Waals surface area (Å²) in [6, 6.07) is 12.6. The molecule has 0 aliphatic rings. The second kappa shape index (κ2) is 6.22. The molecule has 0 saturated heterocycles. The second-order valence-corrected chi connectivity index (χ2v) is 5.68. The zero-order valence-corrected chi connectivity index (χ0v) is 13.4. The molecule has 0 unspecified atom stereocenters. The Balaban J connectivity index is 1.91. The van der Waals surface area contributed by atoms with Crippen molar-refractivity contribution in [1.82, 2.24) is 10.3 Å². The number of nitrogens with one attached hydrogen (secondary N) is 1. The molecule has 6 heteroatoms. The molecule has 2 aromatic carbocycles. The number of anilines is 1.